The molecule has 0 aliphatic carbocycles. The van der Waals surface area contributed by atoms with Crippen molar-refractivity contribution in [1.29, 1.82) is 0 Å². The summed E-state index contributed by atoms with van der Waals surface area (Å²) in [5.74, 6) is 0.0337. The van der Waals surface area contributed by atoms with E-state index in [1.54, 1.807) is 0 Å². The van der Waals surface area contributed by atoms with Gasteiger partial charge >= 0.3 is 0 Å². The molecule has 0 unspecified atom stereocenters. The molecule has 0 aliphatic rings. The molecule has 0 bridgehead atoms. The number of amides is 1. The summed E-state index contributed by atoms with van der Waals surface area (Å²) in [6.45, 7) is 12.3. The Kier molecular flexibility index (Phi) is 6.57. The summed E-state index contributed by atoms with van der Waals surface area (Å²) in [7, 11) is 0. The standard InChI is InChI=1S/C16H26N2O/c1-5-18(6-2)9-7-8-17-16(19)15-11-13(3)10-14(4)12-15/h10-12H,5-9H2,1-4H3,(H,17,19). The zero-order chi connectivity index (χ0) is 14.3. The molecule has 3 nitrogen and oxygen atoms in total. The predicted octanol–water partition coefficient (Wildman–Crippen LogP) is 2.77. The molecule has 1 rings (SSSR count). The molecule has 19 heavy (non-hydrogen) atoms. The van der Waals surface area contributed by atoms with Gasteiger partial charge in [0, 0.05) is 12.1 Å². The summed E-state index contributed by atoms with van der Waals surface area (Å²) < 4.78 is 0. The number of nitrogens with one attached hydrogen (secondary N) is 1. The molecule has 0 heterocycles. The van der Waals surface area contributed by atoms with Crippen molar-refractivity contribution in [1.82, 2.24) is 10.2 Å². The zero-order valence-corrected chi connectivity index (χ0v) is 12.6. The maximum atomic E-state index is 12.0. The molecule has 106 valence electrons. The van der Waals surface area contributed by atoms with Crippen LogP contribution in [0.1, 0.15) is 41.8 Å². The number of nitrogens with zero attached hydrogens (tertiary/aromatic N) is 1. The second-order valence-corrected chi connectivity index (χ2v) is 5.01. The molecular weight excluding hydrogens is 236 g/mol. The average molecular weight is 262 g/mol. The van der Waals surface area contributed by atoms with Crippen LogP contribution >= 0.6 is 0 Å². The fraction of sp³-hybridized carbons (Fsp3) is 0.562. The Morgan fingerprint density at radius 1 is 1.11 bits per heavy atom. The summed E-state index contributed by atoms with van der Waals surface area (Å²) >= 11 is 0. The third-order valence-corrected chi connectivity index (χ3v) is 3.31. The van der Waals surface area contributed by atoms with Gasteiger partial charge in [0.25, 0.3) is 5.91 Å². The van der Waals surface area contributed by atoms with Crippen LogP contribution in [0, 0.1) is 13.8 Å². The van der Waals surface area contributed by atoms with Gasteiger partial charge in [0.2, 0.25) is 0 Å². The maximum Gasteiger partial charge on any atom is 0.251 e. The summed E-state index contributed by atoms with van der Waals surface area (Å²) in [6.07, 6.45) is 0.998. The Morgan fingerprint density at radius 2 is 1.68 bits per heavy atom. The zero-order valence-electron chi connectivity index (χ0n) is 12.6. The number of benzene rings is 1. The van der Waals surface area contributed by atoms with Crippen LogP contribution in [0.15, 0.2) is 18.2 Å². The van der Waals surface area contributed by atoms with Crippen LogP contribution in [0.3, 0.4) is 0 Å². The molecule has 0 aromatic heterocycles. The molecule has 1 aromatic carbocycles. The fourth-order valence-corrected chi connectivity index (χ4v) is 2.25. The molecule has 0 fully saturated rings. The van der Waals surface area contributed by atoms with Crippen molar-refractivity contribution in [2.24, 2.45) is 0 Å². The molecule has 0 saturated heterocycles. The highest BCUT2D eigenvalue weighted by Gasteiger charge is 2.06. The van der Waals surface area contributed by atoms with Gasteiger partial charge in [0.1, 0.15) is 0 Å². The Bertz CT molecular complexity index is 391. The van der Waals surface area contributed by atoms with Gasteiger partial charge < -0.3 is 10.2 Å². The molecule has 0 atom stereocenters. The van der Waals surface area contributed by atoms with Crippen molar-refractivity contribution in [2.45, 2.75) is 34.1 Å². The third-order valence-electron chi connectivity index (χ3n) is 3.31. The lowest BCUT2D eigenvalue weighted by Crippen LogP contribution is -2.29. The monoisotopic (exact) mass is 262 g/mol. The third kappa shape index (κ3) is 5.43. The van der Waals surface area contributed by atoms with Crippen LogP contribution < -0.4 is 5.32 Å². The van der Waals surface area contributed by atoms with E-state index in [-0.39, 0.29) is 5.91 Å². The lowest BCUT2D eigenvalue weighted by Gasteiger charge is -2.17. The Labute approximate surface area is 117 Å². The second-order valence-electron chi connectivity index (χ2n) is 5.01. The van der Waals surface area contributed by atoms with E-state index in [0.717, 1.165) is 49.3 Å². The molecule has 0 radical (unpaired) electrons. The molecule has 1 N–H and O–H groups in total. The van der Waals surface area contributed by atoms with Crippen molar-refractivity contribution in [3.8, 4) is 0 Å². The number of carbonyl (C=O) groups excluding carboxylic acids is 1. The van der Waals surface area contributed by atoms with Gasteiger partial charge in [-0.05, 0) is 52.0 Å². The summed E-state index contributed by atoms with van der Waals surface area (Å²) in [6, 6.07) is 5.95. The quantitative estimate of drug-likeness (QED) is 0.766. The number of carbonyl (C=O) groups is 1. The number of hydrogen-bond acceptors (Lipinski definition) is 2. The van der Waals surface area contributed by atoms with Crippen molar-refractivity contribution in [3.63, 3.8) is 0 Å². The smallest absolute Gasteiger partial charge is 0.251 e. The van der Waals surface area contributed by atoms with Gasteiger partial charge in [0.15, 0.2) is 0 Å². The van der Waals surface area contributed by atoms with Crippen LogP contribution in [0.4, 0.5) is 0 Å². The lowest BCUT2D eigenvalue weighted by atomic mass is 10.1. The molecular formula is C16H26N2O. The Morgan fingerprint density at radius 3 is 2.21 bits per heavy atom. The number of hydrogen-bond donors (Lipinski definition) is 1. The maximum absolute atomic E-state index is 12.0. The minimum absolute atomic E-state index is 0.0337. The normalized spacial score (nSPS) is 10.8. The molecule has 3 heteroatoms. The number of rotatable bonds is 7. The van der Waals surface area contributed by atoms with E-state index in [9.17, 15) is 4.79 Å². The highest BCUT2D eigenvalue weighted by atomic mass is 16.1. The van der Waals surface area contributed by atoms with Crippen LogP contribution in [0.2, 0.25) is 0 Å². The van der Waals surface area contributed by atoms with Gasteiger partial charge in [-0.2, -0.15) is 0 Å². The van der Waals surface area contributed by atoms with Gasteiger partial charge in [0.05, 0.1) is 0 Å². The van der Waals surface area contributed by atoms with Gasteiger partial charge in [-0.3, -0.25) is 4.79 Å². The van der Waals surface area contributed by atoms with E-state index in [0.29, 0.717) is 0 Å². The van der Waals surface area contributed by atoms with Gasteiger partial charge in [-0.1, -0.05) is 31.0 Å². The second kappa shape index (κ2) is 7.95. The van der Waals surface area contributed by atoms with E-state index in [1.165, 1.54) is 0 Å². The first-order chi connectivity index (χ1) is 9.06. The van der Waals surface area contributed by atoms with Gasteiger partial charge in [-0.15, -0.1) is 0 Å². The molecule has 0 aliphatic heterocycles. The minimum atomic E-state index is 0.0337. The van der Waals surface area contributed by atoms with E-state index < -0.39 is 0 Å². The largest absolute Gasteiger partial charge is 0.352 e. The first-order valence-electron chi connectivity index (χ1n) is 7.15. The molecule has 1 aromatic rings. The van der Waals surface area contributed by atoms with Crippen molar-refractivity contribution < 1.29 is 4.79 Å². The predicted molar refractivity (Wildman–Crippen MR) is 80.7 cm³/mol. The Hall–Kier alpha value is -1.35. The highest BCUT2D eigenvalue weighted by molar-refractivity contribution is 5.94. The van der Waals surface area contributed by atoms with Crippen LogP contribution in [-0.4, -0.2) is 37.0 Å². The first kappa shape index (κ1) is 15.7. The SMILES string of the molecule is CCN(CC)CCCNC(=O)c1cc(C)cc(C)c1. The van der Waals surface area contributed by atoms with E-state index >= 15 is 0 Å². The first-order valence-corrected chi connectivity index (χ1v) is 7.15. The summed E-state index contributed by atoms with van der Waals surface area (Å²) in [4.78, 5) is 14.4. The summed E-state index contributed by atoms with van der Waals surface area (Å²) in [5.41, 5.74) is 3.03. The number of aryl methyl sites for hydroxylation is 2. The highest BCUT2D eigenvalue weighted by Crippen LogP contribution is 2.08. The van der Waals surface area contributed by atoms with E-state index in [4.69, 9.17) is 0 Å². The topological polar surface area (TPSA) is 32.3 Å². The lowest BCUT2D eigenvalue weighted by molar-refractivity contribution is 0.0951. The van der Waals surface area contributed by atoms with Crippen LogP contribution in [0.5, 0.6) is 0 Å². The van der Waals surface area contributed by atoms with Crippen LogP contribution in [0.25, 0.3) is 0 Å². The van der Waals surface area contributed by atoms with E-state index in [1.807, 2.05) is 26.0 Å². The summed E-state index contributed by atoms with van der Waals surface area (Å²) in [5, 5.41) is 2.99. The fourth-order valence-electron chi connectivity index (χ4n) is 2.25. The van der Waals surface area contributed by atoms with Crippen LogP contribution in [-0.2, 0) is 0 Å². The van der Waals surface area contributed by atoms with Crippen molar-refractivity contribution in [2.75, 3.05) is 26.2 Å². The van der Waals surface area contributed by atoms with Crippen molar-refractivity contribution >= 4 is 5.91 Å². The van der Waals surface area contributed by atoms with E-state index in [2.05, 4.69) is 30.1 Å². The molecule has 1 amide bonds. The molecule has 0 saturated carbocycles. The Balaban J connectivity index is 2.39. The van der Waals surface area contributed by atoms with Gasteiger partial charge in [-0.25, -0.2) is 0 Å². The van der Waals surface area contributed by atoms with Crippen molar-refractivity contribution in [3.05, 3.63) is 34.9 Å². The minimum Gasteiger partial charge on any atom is -0.352 e. The average Bonchev–Trinajstić information content (AvgIpc) is 2.37. The molecule has 0 spiro atoms.